The molecule has 3 heterocycles. The number of hydrogen-bond donors (Lipinski definition) is 2. The predicted molar refractivity (Wildman–Crippen MR) is 114 cm³/mol. The normalized spacial score (nSPS) is 13.2. The van der Waals surface area contributed by atoms with E-state index in [2.05, 4.69) is 43.9 Å². The highest BCUT2D eigenvalue weighted by Crippen LogP contribution is 2.21. The Balaban J connectivity index is 0.000000479. The van der Waals surface area contributed by atoms with Crippen molar-refractivity contribution in [2.24, 2.45) is 7.05 Å². The summed E-state index contributed by atoms with van der Waals surface area (Å²) in [5.41, 5.74) is 0.609. The molecule has 0 saturated carbocycles. The van der Waals surface area contributed by atoms with Crippen LogP contribution in [0.1, 0.15) is 13.8 Å². The number of halogens is 3. The standard InChI is InChI=1S/C18H22N6O2.C2HF3O2/c1-4-6-10-24-14-15(20-17(24)23-11-8-19-9-12-23)21-18(22(3)16(14)25)26-13-7-5-2;3-2(4,5)1(6)7/h19H,8-13H2,1-3H3;(H,6,7). The molecule has 0 atom stereocenters. The number of aliphatic carboxylic acids is 1. The first-order chi connectivity index (χ1) is 15.6. The summed E-state index contributed by atoms with van der Waals surface area (Å²) >= 11 is 0. The third-order valence-electron chi connectivity index (χ3n) is 4.43. The van der Waals surface area contributed by atoms with E-state index in [9.17, 15) is 18.0 Å². The summed E-state index contributed by atoms with van der Waals surface area (Å²) in [7, 11) is 1.64. The summed E-state index contributed by atoms with van der Waals surface area (Å²) in [6.45, 7) is 7.46. The van der Waals surface area contributed by atoms with Gasteiger partial charge in [-0.25, -0.2) is 4.79 Å². The van der Waals surface area contributed by atoms with Gasteiger partial charge in [0.25, 0.3) is 5.56 Å². The molecule has 2 aromatic rings. The van der Waals surface area contributed by atoms with Crippen LogP contribution in [0.3, 0.4) is 0 Å². The minimum atomic E-state index is -5.08. The second-order valence-electron chi connectivity index (χ2n) is 6.61. The second kappa shape index (κ2) is 11.2. The van der Waals surface area contributed by atoms with Crippen LogP contribution in [-0.2, 0) is 18.4 Å². The number of rotatable bonds is 4. The highest BCUT2D eigenvalue weighted by Gasteiger charge is 2.38. The SMILES string of the molecule is CC#CCOc1nc2nc(N3CCNCC3)n(CC#CC)c2c(=O)n1C.O=C(O)C(F)(F)F. The Kier molecular flexibility index (Phi) is 8.70. The van der Waals surface area contributed by atoms with Crippen LogP contribution in [0.25, 0.3) is 11.2 Å². The molecule has 10 nitrogen and oxygen atoms in total. The second-order valence-corrected chi connectivity index (χ2v) is 6.61. The van der Waals surface area contributed by atoms with Gasteiger partial charge in [0.15, 0.2) is 17.8 Å². The van der Waals surface area contributed by atoms with Gasteiger partial charge in [-0.05, 0) is 13.8 Å². The lowest BCUT2D eigenvalue weighted by molar-refractivity contribution is -0.192. The molecule has 0 radical (unpaired) electrons. The van der Waals surface area contributed by atoms with E-state index < -0.39 is 12.1 Å². The van der Waals surface area contributed by atoms with Gasteiger partial charge in [0.05, 0.1) is 6.54 Å². The lowest BCUT2D eigenvalue weighted by atomic mass is 10.4. The van der Waals surface area contributed by atoms with E-state index in [4.69, 9.17) is 14.6 Å². The van der Waals surface area contributed by atoms with Crippen molar-refractivity contribution < 1.29 is 27.8 Å². The van der Waals surface area contributed by atoms with Crippen LogP contribution in [0.2, 0.25) is 0 Å². The molecule has 0 unspecified atom stereocenters. The molecule has 0 aromatic carbocycles. The monoisotopic (exact) mass is 468 g/mol. The smallest absolute Gasteiger partial charge is 0.475 e. The Morgan fingerprint density at radius 2 is 1.79 bits per heavy atom. The fourth-order valence-electron chi connectivity index (χ4n) is 2.85. The molecule has 1 aliphatic rings. The van der Waals surface area contributed by atoms with Gasteiger partial charge in [-0.2, -0.15) is 23.1 Å². The first kappa shape index (κ1) is 25.5. The number of imidazole rings is 1. The molecule has 33 heavy (non-hydrogen) atoms. The van der Waals surface area contributed by atoms with Gasteiger partial charge in [0.2, 0.25) is 5.95 Å². The van der Waals surface area contributed by atoms with Crippen molar-refractivity contribution in [1.82, 2.24) is 24.4 Å². The molecule has 3 rings (SSSR count). The number of carboxylic acid groups (broad SMARTS) is 1. The Morgan fingerprint density at radius 3 is 2.33 bits per heavy atom. The molecule has 0 aliphatic carbocycles. The van der Waals surface area contributed by atoms with Gasteiger partial charge in [-0.15, -0.1) is 11.8 Å². The number of fused-ring (bicyclic) bond motifs is 1. The van der Waals surface area contributed by atoms with Crippen molar-refractivity contribution in [2.75, 3.05) is 37.7 Å². The maximum Gasteiger partial charge on any atom is 0.490 e. The summed E-state index contributed by atoms with van der Waals surface area (Å²) in [6.07, 6.45) is -5.08. The van der Waals surface area contributed by atoms with Gasteiger partial charge in [-0.1, -0.05) is 11.8 Å². The van der Waals surface area contributed by atoms with Crippen molar-refractivity contribution in [2.45, 2.75) is 26.6 Å². The van der Waals surface area contributed by atoms with E-state index in [0.29, 0.717) is 17.7 Å². The number of alkyl halides is 3. The van der Waals surface area contributed by atoms with Crippen LogP contribution in [0.4, 0.5) is 19.1 Å². The molecule has 2 aromatic heterocycles. The van der Waals surface area contributed by atoms with Crippen molar-refractivity contribution in [1.29, 1.82) is 0 Å². The molecule has 1 fully saturated rings. The van der Waals surface area contributed by atoms with Crippen LogP contribution >= 0.6 is 0 Å². The molecule has 1 aliphatic heterocycles. The van der Waals surface area contributed by atoms with Crippen LogP contribution in [0, 0.1) is 23.7 Å². The number of aromatic nitrogens is 4. The molecule has 1 saturated heterocycles. The number of piperazine rings is 1. The molecular formula is C20H23F3N6O4. The van der Waals surface area contributed by atoms with Crippen LogP contribution in [0.15, 0.2) is 4.79 Å². The van der Waals surface area contributed by atoms with Gasteiger partial charge in [0, 0.05) is 33.2 Å². The number of ether oxygens (including phenoxy) is 1. The van der Waals surface area contributed by atoms with Crippen molar-refractivity contribution in [3.05, 3.63) is 10.4 Å². The maximum atomic E-state index is 12.9. The lowest BCUT2D eigenvalue weighted by Gasteiger charge is -2.28. The Bertz CT molecular complexity index is 1170. The molecule has 2 N–H and O–H groups in total. The fraction of sp³-hybridized carbons (Fsp3) is 0.500. The minimum absolute atomic E-state index is 0.176. The Morgan fingerprint density at radius 1 is 1.18 bits per heavy atom. The number of nitrogens with one attached hydrogen (secondary N) is 1. The molecule has 178 valence electrons. The molecule has 0 spiro atoms. The zero-order valence-electron chi connectivity index (χ0n) is 18.3. The van der Waals surface area contributed by atoms with E-state index in [1.54, 1.807) is 20.9 Å². The summed E-state index contributed by atoms with van der Waals surface area (Å²) in [4.78, 5) is 33.1. The highest BCUT2D eigenvalue weighted by atomic mass is 19.4. The summed E-state index contributed by atoms with van der Waals surface area (Å²) < 4.78 is 40.5. The zero-order valence-corrected chi connectivity index (χ0v) is 18.3. The van der Waals surface area contributed by atoms with Crippen molar-refractivity contribution in [3.63, 3.8) is 0 Å². The topological polar surface area (TPSA) is 115 Å². The number of carboxylic acids is 1. The lowest BCUT2D eigenvalue weighted by Crippen LogP contribution is -2.44. The van der Waals surface area contributed by atoms with E-state index in [0.717, 1.165) is 32.1 Å². The van der Waals surface area contributed by atoms with Gasteiger partial charge in [-0.3, -0.25) is 13.9 Å². The average molecular weight is 468 g/mol. The number of carbonyl (C=O) groups is 1. The van der Waals surface area contributed by atoms with E-state index in [-0.39, 0.29) is 18.2 Å². The number of anilines is 1. The third-order valence-corrected chi connectivity index (χ3v) is 4.43. The maximum absolute atomic E-state index is 12.9. The minimum Gasteiger partial charge on any atom is -0.475 e. The van der Waals surface area contributed by atoms with Crippen LogP contribution < -0.4 is 20.5 Å². The summed E-state index contributed by atoms with van der Waals surface area (Å²) in [6, 6.07) is 0.211. The zero-order chi connectivity index (χ0) is 24.6. The largest absolute Gasteiger partial charge is 0.490 e. The van der Waals surface area contributed by atoms with Crippen molar-refractivity contribution in [3.8, 4) is 29.7 Å². The number of nitrogens with zero attached hydrogens (tertiary/aromatic N) is 5. The average Bonchev–Trinajstić information content (AvgIpc) is 3.14. The van der Waals surface area contributed by atoms with E-state index in [1.165, 1.54) is 4.57 Å². The Labute approximate surface area is 187 Å². The van der Waals surface area contributed by atoms with E-state index >= 15 is 0 Å². The first-order valence-electron chi connectivity index (χ1n) is 9.76. The molecule has 0 bridgehead atoms. The summed E-state index contributed by atoms with van der Waals surface area (Å²) in [5.74, 6) is 9.43. The van der Waals surface area contributed by atoms with Gasteiger partial charge in [0.1, 0.15) is 0 Å². The van der Waals surface area contributed by atoms with Crippen LogP contribution in [0.5, 0.6) is 6.01 Å². The van der Waals surface area contributed by atoms with Crippen molar-refractivity contribution >= 4 is 23.1 Å². The summed E-state index contributed by atoms with van der Waals surface area (Å²) in [5, 5.41) is 10.4. The third kappa shape index (κ3) is 6.40. The van der Waals surface area contributed by atoms with Gasteiger partial charge < -0.3 is 20.1 Å². The molecular weight excluding hydrogens is 445 g/mol. The quantitative estimate of drug-likeness (QED) is 0.627. The number of hydrogen-bond acceptors (Lipinski definition) is 7. The van der Waals surface area contributed by atoms with Crippen LogP contribution in [-0.4, -0.2) is 69.1 Å². The molecule has 13 heteroatoms. The first-order valence-corrected chi connectivity index (χ1v) is 9.76. The predicted octanol–water partition coefficient (Wildman–Crippen LogP) is 0.598. The highest BCUT2D eigenvalue weighted by molar-refractivity contribution is 5.75. The van der Waals surface area contributed by atoms with Gasteiger partial charge >= 0.3 is 18.2 Å². The van der Waals surface area contributed by atoms with E-state index in [1.807, 2.05) is 4.57 Å². The Hall–Kier alpha value is -3.71. The molecule has 0 amide bonds. The fourth-order valence-corrected chi connectivity index (χ4v) is 2.85.